The van der Waals surface area contributed by atoms with E-state index in [0.29, 0.717) is 0 Å². The average molecular weight is 752 g/mol. The Morgan fingerprint density at radius 3 is 0.698 bits per heavy atom. The van der Waals surface area contributed by atoms with Crippen molar-refractivity contribution in [1.29, 1.82) is 0 Å². The number of rotatable bonds is 43. The van der Waals surface area contributed by atoms with Crippen LogP contribution in [0, 0.1) is 0 Å². The smallest absolute Gasteiger partial charge is 0.0911 e. The highest BCUT2D eigenvalue weighted by molar-refractivity contribution is 4.60. The molecule has 0 bridgehead atoms. The lowest BCUT2D eigenvalue weighted by Gasteiger charge is -2.36. The van der Waals surface area contributed by atoms with Crippen molar-refractivity contribution in [2.45, 2.75) is 220 Å². The molecule has 0 aromatic rings. The molecule has 0 heterocycles. The molecule has 0 atom stereocenters. The van der Waals surface area contributed by atoms with E-state index in [4.69, 9.17) is 0 Å². The van der Waals surface area contributed by atoms with Crippen molar-refractivity contribution in [3.05, 3.63) is 0 Å². The topological polar surface area (TPSA) is 3.24 Å². The van der Waals surface area contributed by atoms with E-state index < -0.39 is 0 Å². The van der Waals surface area contributed by atoms with Crippen LogP contribution >= 0.6 is 0 Å². The predicted molar refractivity (Wildman–Crippen MR) is 242 cm³/mol. The molecule has 0 aliphatic heterocycles. The summed E-state index contributed by atoms with van der Waals surface area (Å²) < 4.78 is 3.57. The van der Waals surface area contributed by atoms with Gasteiger partial charge in [0.05, 0.1) is 81.6 Å². The molecule has 0 N–H and O–H groups in total. The summed E-state index contributed by atoms with van der Waals surface area (Å²) in [4.78, 5) is 2.87. The summed E-state index contributed by atoms with van der Waals surface area (Å²) in [5.74, 6) is 0. The van der Waals surface area contributed by atoms with Gasteiger partial charge in [0.15, 0.2) is 0 Å². The first-order valence-corrected chi connectivity index (χ1v) is 24.7. The first kappa shape index (κ1) is 52.8. The second-order valence-corrected chi connectivity index (χ2v) is 19.9. The van der Waals surface area contributed by atoms with Gasteiger partial charge in [0.2, 0.25) is 0 Å². The van der Waals surface area contributed by atoms with Gasteiger partial charge in [0.1, 0.15) is 0 Å². The van der Waals surface area contributed by atoms with Gasteiger partial charge in [0.25, 0.3) is 0 Å². The molecule has 0 saturated carbocycles. The van der Waals surface area contributed by atoms with Crippen molar-refractivity contribution in [2.24, 2.45) is 0 Å². The van der Waals surface area contributed by atoms with Gasteiger partial charge >= 0.3 is 0 Å². The van der Waals surface area contributed by atoms with E-state index in [1.165, 1.54) is 271 Å². The zero-order valence-corrected chi connectivity index (χ0v) is 39.1. The fraction of sp³-hybridized carbons (Fsp3) is 1.00. The molecule has 0 spiro atoms. The molecule has 0 unspecified atom stereocenters. The minimum absolute atomic E-state index is 1.19. The van der Waals surface area contributed by atoms with E-state index in [9.17, 15) is 0 Å². The highest BCUT2D eigenvalue weighted by Crippen LogP contribution is 2.15. The molecule has 0 rings (SSSR count). The summed E-state index contributed by atoms with van der Waals surface area (Å²) in [7, 11) is 15.0. The van der Waals surface area contributed by atoms with Crippen LogP contribution < -0.4 is 0 Å². The van der Waals surface area contributed by atoms with Gasteiger partial charge in [-0.15, -0.1) is 0 Å². The Kier molecular flexibility index (Phi) is 36.1. The van der Waals surface area contributed by atoms with Gasteiger partial charge in [0, 0.05) is 26.1 Å². The van der Waals surface area contributed by atoms with E-state index in [2.05, 4.69) is 68.0 Å². The third kappa shape index (κ3) is 38.5. The average Bonchev–Trinajstić information content (AvgIpc) is 3.11. The molecule has 0 aromatic heterocycles. The molecule has 4 nitrogen and oxygen atoms in total. The molecule has 0 saturated heterocycles. The van der Waals surface area contributed by atoms with E-state index in [0.717, 1.165) is 0 Å². The van der Waals surface area contributed by atoms with Gasteiger partial charge in [-0.25, -0.2) is 0 Å². The first-order chi connectivity index (χ1) is 25.5. The normalized spacial score (nSPS) is 12.8. The molecule has 4 heteroatoms. The molecule has 0 aliphatic carbocycles. The van der Waals surface area contributed by atoms with Gasteiger partial charge in [-0.1, -0.05) is 175 Å². The monoisotopic (exact) mass is 752 g/mol. The Labute approximate surface area is 338 Å². The van der Waals surface area contributed by atoms with Crippen LogP contribution in [0.25, 0.3) is 0 Å². The molecule has 0 radical (unpaired) electrons. The quantitative estimate of drug-likeness (QED) is 0.0443. The largest absolute Gasteiger partial charge is 0.328 e. The third-order valence-corrected chi connectivity index (χ3v) is 12.6. The number of likely N-dealkylation sites (N-methyl/N-ethyl adjacent to an activating group) is 2. The van der Waals surface area contributed by atoms with Crippen LogP contribution in [0.15, 0.2) is 0 Å². The number of unbranched alkanes of at least 4 members (excludes halogenated alkanes) is 27. The Hall–Kier alpha value is -0.160. The minimum Gasteiger partial charge on any atom is -0.328 e. The summed E-state index contributed by atoms with van der Waals surface area (Å²) >= 11 is 0. The molecule has 320 valence electrons. The lowest BCUT2D eigenvalue weighted by Crippen LogP contribution is -2.50. The lowest BCUT2D eigenvalue weighted by molar-refractivity contribution is -0.893. The van der Waals surface area contributed by atoms with Crippen LogP contribution in [-0.2, 0) is 0 Å². The molecular weight excluding hydrogens is 645 g/mol. The maximum absolute atomic E-state index is 2.87. The molecule has 0 amide bonds. The second kappa shape index (κ2) is 36.2. The Morgan fingerprint density at radius 2 is 0.434 bits per heavy atom. The molecule has 53 heavy (non-hydrogen) atoms. The fourth-order valence-electron chi connectivity index (χ4n) is 8.30. The summed E-state index contributed by atoms with van der Waals surface area (Å²) in [5, 5.41) is 0. The summed E-state index contributed by atoms with van der Waals surface area (Å²) in [6.45, 7) is 18.7. The van der Waals surface area contributed by atoms with E-state index in [-0.39, 0.29) is 0 Å². The van der Waals surface area contributed by atoms with Gasteiger partial charge < -0.3 is 13.4 Å². The molecule has 0 aliphatic rings. The molecule has 0 aromatic carbocycles. The van der Waals surface area contributed by atoms with Crippen LogP contribution in [-0.4, -0.2) is 120 Å². The number of quaternary nitrogens is 3. The van der Waals surface area contributed by atoms with E-state index in [1.54, 1.807) is 0 Å². The van der Waals surface area contributed by atoms with E-state index >= 15 is 0 Å². The Balaban J connectivity index is 4.67. The minimum atomic E-state index is 1.19. The maximum Gasteiger partial charge on any atom is 0.0911 e. The predicted octanol–water partition coefficient (Wildman–Crippen LogP) is 13.7. The number of hydrogen-bond donors (Lipinski definition) is 0. The fourth-order valence-corrected chi connectivity index (χ4v) is 8.30. The SMILES string of the molecule is CCCCCCCCCCCC[N+](C)(C)CCCN(CC[N+](C)(C)CCCCCCCCCCCC)CC[N+](C)(C)CCCCCCCCCCCC. The van der Waals surface area contributed by atoms with Gasteiger partial charge in [-0.05, 0) is 38.5 Å². The van der Waals surface area contributed by atoms with Crippen LogP contribution in [0.3, 0.4) is 0 Å². The zero-order chi connectivity index (χ0) is 39.4. The summed E-state index contributed by atoms with van der Waals surface area (Å²) in [6, 6.07) is 0. The molecular formula is C49H107N4+3. The Morgan fingerprint density at radius 1 is 0.226 bits per heavy atom. The van der Waals surface area contributed by atoms with Crippen molar-refractivity contribution in [3.8, 4) is 0 Å². The lowest BCUT2D eigenvalue weighted by atomic mass is 10.1. The van der Waals surface area contributed by atoms with Gasteiger partial charge in [-0.2, -0.15) is 0 Å². The molecule has 0 fully saturated rings. The van der Waals surface area contributed by atoms with Crippen LogP contribution in [0.4, 0.5) is 0 Å². The van der Waals surface area contributed by atoms with Crippen molar-refractivity contribution in [3.63, 3.8) is 0 Å². The maximum atomic E-state index is 2.87. The standard InChI is InChI=1S/C49H107N4/c1-10-13-16-19-22-25-28-31-34-37-44-51(4,5)47-40-41-50(42-48-52(6,7)45-38-35-32-29-26-23-20-17-14-11-2)43-49-53(8,9)46-39-36-33-30-27-24-21-18-15-12-3/h10-49H2,1-9H3/q+3. The van der Waals surface area contributed by atoms with Crippen molar-refractivity contribution < 1.29 is 13.4 Å². The van der Waals surface area contributed by atoms with Crippen molar-refractivity contribution in [2.75, 3.05) is 101 Å². The summed E-state index contributed by atoms with van der Waals surface area (Å²) in [5.41, 5.74) is 0. The highest BCUT2D eigenvalue weighted by Gasteiger charge is 2.22. The highest BCUT2D eigenvalue weighted by atomic mass is 15.3. The Bertz CT molecular complexity index is 692. The number of hydrogen-bond acceptors (Lipinski definition) is 1. The van der Waals surface area contributed by atoms with Crippen molar-refractivity contribution in [1.82, 2.24) is 4.90 Å². The van der Waals surface area contributed by atoms with Crippen LogP contribution in [0.2, 0.25) is 0 Å². The zero-order valence-electron chi connectivity index (χ0n) is 39.1. The van der Waals surface area contributed by atoms with Crippen LogP contribution in [0.5, 0.6) is 0 Å². The summed E-state index contributed by atoms with van der Waals surface area (Å²) in [6.07, 6.45) is 44.4. The van der Waals surface area contributed by atoms with Crippen molar-refractivity contribution >= 4 is 0 Å². The van der Waals surface area contributed by atoms with Gasteiger partial charge in [-0.3, -0.25) is 4.90 Å². The van der Waals surface area contributed by atoms with E-state index in [1.807, 2.05) is 0 Å². The number of nitrogens with zero attached hydrogens (tertiary/aromatic N) is 4. The first-order valence-electron chi connectivity index (χ1n) is 24.7. The second-order valence-electron chi connectivity index (χ2n) is 19.9. The third-order valence-electron chi connectivity index (χ3n) is 12.6. The van der Waals surface area contributed by atoms with Crippen LogP contribution in [0.1, 0.15) is 220 Å².